The maximum absolute atomic E-state index is 13.6. The van der Waals surface area contributed by atoms with E-state index in [4.69, 9.17) is 0 Å². The second-order valence-electron chi connectivity index (χ2n) is 7.59. The van der Waals surface area contributed by atoms with Crippen LogP contribution in [-0.4, -0.2) is 41.7 Å². The number of carbonyl (C=O) groups is 1. The van der Waals surface area contributed by atoms with Gasteiger partial charge in [-0.05, 0) is 30.9 Å². The topological polar surface area (TPSA) is 68.3 Å². The number of rotatable bonds is 3. The number of hydrogen-bond donors (Lipinski definition) is 0. The Morgan fingerprint density at radius 1 is 1.24 bits per heavy atom. The van der Waals surface area contributed by atoms with Crippen molar-refractivity contribution in [3.63, 3.8) is 0 Å². The van der Waals surface area contributed by atoms with E-state index in [1.807, 2.05) is 0 Å². The Morgan fingerprint density at radius 2 is 2.00 bits per heavy atom. The van der Waals surface area contributed by atoms with Gasteiger partial charge in [-0.25, -0.2) is 9.50 Å². The average molecular weight is 406 g/mol. The molecular weight excluding hydrogens is 385 g/mol. The lowest BCUT2D eigenvalue weighted by molar-refractivity contribution is -0.142. The molecule has 0 aliphatic carbocycles. The predicted molar refractivity (Wildman–Crippen MR) is 98.3 cm³/mol. The normalized spacial score (nSPS) is 17.6. The van der Waals surface area contributed by atoms with Crippen LogP contribution >= 0.6 is 0 Å². The van der Waals surface area contributed by atoms with E-state index in [2.05, 4.69) is 15.2 Å². The molecule has 1 aliphatic rings. The van der Waals surface area contributed by atoms with Gasteiger partial charge in [0.15, 0.2) is 5.65 Å². The Kier molecular flexibility index (Phi) is 4.59. The van der Waals surface area contributed by atoms with Crippen molar-refractivity contribution >= 4 is 11.6 Å². The molecule has 1 fully saturated rings. The van der Waals surface area contributed by atoms with E-state index < -0.39 is 17.9 Å². The summed E-state index contributed by atoms with van der Waals surface area (Å²) < 4.78 is 43.2. The first-order valence-electron chi connectivity index (χ1n) is 9.43. The Labute approximate surface area is 165 Å². The summed E-state index contributed by atoms with van der Waals surface area (Å²) >= 11 is 0. The Balaban J connectivity index is 1.76. The highest BCUT2D eigenvalue weighted by Gasteiger charge is 2.37. The Hall–Kier alpha value is -2.91. The first kappa shape index (κ1) is 19.4. The molecule has 154 valence electrons. The Bertz CT molecular complexity index is 1070. The van der Waals surface area contributed by atoms with E-state index in [0.717, 1.165) is 17.0 Å². The van der Waals surface area contributed by atoms with Gasteiger partial charge in [-0.15, -0.1) is 0 Å². The average Bonchev–Trinajstić information content (AvgIpc) is 3.37. The molecule has 10 heteroatoms. The largest absolute Gasteiger partial charge is 0.433 e. The van der Waals surface area contributed by atoms with Crippen LogP contribution < -0.4 is 0 Å². The lowest BCUT2D eigenvalue weighted by Gasteiger charge is -2.22. The SMILES string of the molecule is CC(C)c1cc(C(F)(F)F)n2nc([C@@H]3CCCN3C(=O)c3ccn(C)n3)cc2n1. The number of halogens is 3. The van der Waals surface area contributed by atoms with Gasteiger partial charge in [-0.3, -0.25) is 9.48 Å². The minimum Gasteiger partial charge on any atom is -0.329 e. The third kappa shape index (κ3) is 3.47. The van der Waals surface area contributed by atoms with Crippen LogP contribution in [0.15, 0.2) is 24.4 Å². The number of alkyl halides is 3. The monoisotopic (exact) mass is 406 g/mol. The van der Waals surface area contributed by atoms with Crippen molar-refractivity contribution in [1.82, 2.24) is 29.3 Å². The van der Waals surface area contributed by atoms with Crippen molar-refractivity contribution in [3.05, 3.63) is 47.2 Å². The van der Waals surface area contributed by atoms with Gasteiger partial charge < -0.3 is 4.90 Å². The smallest absolute Gasteiger partial charge is 0.329 e. The minimum absolute atomic E-state index is 0.135. The van der Waals surface area contributed by atoms with Crippen LogP contribution in [0.2, 0.25) is 0 Å². The van der Waals surface area contributed by atoms with Crippen molar-refractivity contribution in [1.29, 1.82) is 0 Å². The van der Waals surface area contributed by atoms with E-state index in [-0.39, 0.29) is 17.5 Å². The van der Waals surface area contributed by atoms with E-state index >= 15 is 0 Å². The molecule has 0 spiro atoms. The van der Waals surface area contributed by atoms with E-state index in [0.29, 0.717) is 30.0 Å². The summed E-state index contributed by atoms with van der Waals surface area (Å²) in [7, 11) is 1.72. The first-order valence-corrected chi connectivity index (χ1v) is 9.43. The van der Waals surface area contributed by atoms with Crippen molar-refractivity contribution in [2.45, 2.75) is 44.8 Å². The zero-order valence-electron chi connectivity index (χ0n) is 16.3. The molecule has 0 radical (unpaired) electrons. The molecule has 3 aromatic heterocycles. The lowest BCUT2D eigenvalue weighted by atomic mass is 10.1. The van der Waals surface area contributed by atoms with Crippen molar-refractivity contribution in [2.24, 2.45) is 7.05 Å². The van der Waals surface area contributed by atoms with E-state index in [1.165, 1.54) is 4.68 Å². The number of carbonyl (C=O) groups excluding carboxylic acids is 1. The minimum atomic E-state index is -4.56. The van der Waals surface area contributed by atoms with E-state index in [1.54, 1.807) is 44.1 Å². The maximum atomic E-state index is 13.6. The standard InChI is InChI=1S/C19H21F3N6O/c1-11(2)13-9-16(19(20,21)22)28-17(23-13)10-14(25-28)15-5-4-7-27(15)18(29)12-6-8-26(3)24-12/h6,8-11,15H,4-5,7H2,1-3H3/t15-/m0/s1. The highest BCUT2D eigenvalue weighted by atomic mass is 19.4. The van der Waals surface area contributed by atoms with Crippen LogP contribution in [0.1, 0.15) is 66.2 Å². The third-order valence-corrected chi connectivity index (χ3v) is 5.14. The quantitative estimate of drug-likeness (QED) is 0.667. The van der Waals surface area contributed by atoms with Crippen molar-refractivity contribution in [3.8, 4) is 0 Å². The summed E-state index contributed by atoms with van der Waals surface area (Å²) in [5.41, 5.74) is 0.336. The fourth-order valence-corrected chi connectivity index (χ4v) is 3.67. The molecule has 1 atom stereocenters. The number of nitrogens with zero attached hydrogens (tertiary/aromatic N) is 6. The molecule has 0 N–H and O–H groups in total. The van der Waals surface area contributed by atoms with Crippen LogP contribution in [0.3, 0.4) is 0 Å². The summed E-state index contributed by atoms with van der Waals surface area (Å²) in [5, 5.41) is 8.35. The summed E-state index contributed by atoms with van der Waals surface area (Å²) in [6, 6.07) is 3.81. The highest BCUT2D eigenvalue weighted by Crippen LogP contribution is 2.35. The van der Waals surface area contributed by atoms with Gasteiger partial charge in [0.2, 0.25) is 0 Å². The van der Waals surface area contributed by atoms with Gasteiger partial charge in [0.25, 0.3) is 5.91 Å². The molecule has 1 saturated heterocycles. The molecule has 3 aromatic rings. The van der Waals surface area contributed by atoms with E-state index in [9.17, 15) is 18.0 Å². The van der Waals surface area contributed by atoms with Crippen LogP contribution in [-0.2, 0) is 13.2 Å². The third-order valence-electron chi connectivity index (χ3n) is 5.14. The molecule has 0 unspecified atom stereocenters. The number of likely N-dealkylation sites (tertiary alicyclic amines) is 1. The van der Waals surface area contributed by atoms with Crippen molar-refractivity contribution < 1.29 is 18.0 Å². The van der Waals surface area contributed by atoms with Gasteiger partial charge in [-0.2, -0.15) is 23.4 Å². The second kappa shape index (κ2) is 6.85. The molecule has 1 aliphatic heterocycles. The van der Waals surface area contributed by atoms with Crippen LogP contribution in [0.5, 0.6) is 0 Å². The number of fused-ring (bicyclic) bond motifs is 1. The Morgan fingerprint density at radius 3 is 2.62 bits per heavy atom. The van der Waals surface area contributed by atoms with Crippen molar-refractivity contribution in [2.75, 3.05) is 6.54 Å². The van der Waals surface area contributed by atoms with Gasteiger partial charge in [-0.1, -0.05) is 13.8 Å². The number of amides is 1. The first-order chi connectivity index (χ1) is 13.6. The number of aryl methyl sites for hydroxylation is 1. The predicted octanol–water partition coefficient (Wildman–Crippen LogP) is 3.58. The molecular formula is C19H21F3N6O. The molecule has 0 bridgehead atoms. The zero-order valence-corrected chi connectivity index (χ0v) is 16.3. The van der Waals surface area contributed by atoms with Gasteiger partial charge in [0, 0.05) is 31.5 Å². The lowest BCUT2D eigenvalue weighted by Crippen LogP contribution is -2.31. The fourth-order valence-electron chi connectivity index (χ4n) is 3.67. The summed E-state index contributed by atoms with van der Waals surface area (Å²) in [5.74, 6) is -0.412. The van der Waals surface area contributed by atoms with Crippen LogP contribution in [0.4, 0.5) is 13.2 Å². The van der Waals surface area contributed by atoms with Gasteiger partial charge in [0.1, 0.15) is 11.4 Å². The second-order valence-corrected chi connectivity index (χ2v) is 7.59. The summed E-state index contributed by atoms with van der Waals surface area (Å²) in [6.07, 6.45) is -1.52. The van der Waals surface area contributed by atoms with Gasteiger partial charge in [0.05, 0.1) is 11.7 Å². The molecule has 0 aromatic carbocycles. The van der Waals surface area contributed by atoms with Crippen LogP contribution in [0.25, 0.3) is 5.65 Å². The molecule has 1 amide bonds. The highest BCUT2D eigenvalue weighted by molar-refractivity contribution is 5.92. The fraction of sp³-hybridized carbons (Fsp3) is 0.474. The zero-order chi connectivity index (χ0) is 20.9. The number of aromatic nitrogens is 5. The maximum Gasteiger partial charge on any atom is 0.433 e. The molecule has 0 saturated carbocycles. The summed E-state index contributed by atoms with van der Waals surface area (Å²) in [6.45, 7) is 4.09. The van der Waals surface area contributed by atoms with Gasteiger partial charge >= 0.3 is 6.18 Å². The molecule has 7 nitrogen and oxygen atoms in total. The summed E-state index contributed by atoms with van der Waals surface area (Å²) in [4.78, 5) is 18.8. The molecule has 4 heterocycles. The van der Waals surface area contributed by atoms with Crippen LogP contribution in [0, 0.1) is 0 Å². The number of hydrogen-bond acceptors (Lipinski definition) is 4. The molecule has 29 heavy (non-hydrogen) atoms. The molecule has 4 rings (SSSR count).